The van der Waals surface area contributed by atoms with E-state index in [1.54, 1.807) is 0 Å². The molecule has 1 rings (SSSR count). The van der Waals surface area contributed by atoms with Crippen LogP contribution >= 0.6 is 15.9 Å². The highest BCUT2D eigenvalue weighted by atomic mass is 79.9. The Morgan fingerprint density at radius 3 is 2.25 bits per heavy atom. The first-order valence-corrected chi connectivity index (χ1v) is 4.63. The molecule has 1 aromatic carbocycles. The maximum Gasteiger partial charge on any atom is 0.573 e. The van der Waals surface area contributed by atoms with Crippen molar-refractivity contribution in [1.82, 2.24) is 0 Å². The quantitative estimate of drug-likeness (QED) is 0.665. The van der Waals surface area contributed by atoms with E-state index in [1.807, 2.05) is 0 Å². The molecular formula is C8H5BrF5NO. The Labute approximate surface area is 95.3 Å². The summed E-state index contributed by atoms with van der Waals surface area (Å²) in [7, 11) is 0. The summed E-state index contributed by atoms with van der Waals surface area (Å²) in [6.07, 6.45) is -7.96. The Kier molecular flexibility index (Phi) is 3.61. The normalized spacial score (nSPS) is 11.9. The van der Waals surface area contributed by atoms with E-state index < -0.39 is 29.8 Å². The summed E-state index contributed by atoms with van der Waals surface area (Å²) in [5.74, 6) is -0.856. The number of nitrogens with two attached hydrogens (primary N) is 1. The minimum absolute atomic E-state index is 0.147. The fourth-order valence-electron chi connectivity index (χ4n) is 0.998. The van der Waals surface area contributed by atoms with Gasteiger partial charge in [0.25, 0.3) is 6.43 Å². The number of halogens is 6. The smallest absolute Gasteiger partial charge is 0.402 e. The molecule has 90 valence electrons. The fourth-order valence-corrected chi connectivity index (χ4v) is 1.42. The number of anilines is 1. The van der Waals surface area contributed by atoms with Crippen LogP contribution in [0.5, 0.6) is 5.75 Å². The monoisotopic (exact) mass is 305 g/mol. The van der Waals surface area contributed by atoms with E-state index in [1.165, 1.54) is 0 Å². The zero-order chi connectivity index (χ0) is 12.5. The average Bonchev–Trinajstić information content (AvgIpc) is 2.10. The molecule has 8 heteroatoms. The van der Waals surface area contributed by atoms with E-state index in [0.717, 1.165) is 12.1 Å². The van der Waals surface area contributed by atoms with Crippen molar-refractivity contribution in [2.24, 2.45) is 0 Å². The van der Waals surface area contributed by atoms with Gasteiger partial charge < -0.3 is 10.5 Å². The average molecular weight is 306 g/mol. The maximum atomic E-state index is 12.3. The Bertz CT molecular complexity index is 393. The Morgan fingerprint density at radius 1 is 1.25 bits per heavy atom. The van der Waals surface area contributed by atoms with E-state index in [4.69, 9.17) is 5.73 Å². The molecule has 0 fully saturated rings. The van der Waals surface area contributed by atoms with E-state index in [9.17, 15) is 22.0 Å². The molecule has 0 bridgehead atoms. The number of nitrogen functional groups attached to an aromatic ring is 1. The number of hydrogen-bond donors (Lipinski definition) is 1. The Hall–Kier alpha value is -1.05. The summed E-state index contributed by atoms with van der Waals surface area (Å²) in [6, 6.07) is 1.94. The molecule has 0 aliphatic carbocycles. The number of alkyl halides is 5. The summed E-state index contributed by atoms with van der Waals surface area (Å²) in [5.41, 5.74) is 3.72. The second-order valence-electron chi connectivity index (χ2n) is 2.73. The van der Waals surface area contributed by atoms with Gasteiger partial charge in [-0.3, -0.25) is 0 Å². The third kappa shape index (κ3) is 2.97. The maximum absolute atomic E-state index is 12.3. The van der Waals surface area contributed by atoms with Gasteiger partial charge in [-0.05, 0) is 28.1 Å². The molecule has 0 saturated heterocycles. The Morgan fingerprint density at radius 2 is 1.81 bits per heavy atom. The van der Waals surface area contributed by atoms with Crippen molar-refractivity contribution < 1.29 is 26.7 Å². The van der Waals surface area contributed by atoms with Gasteiger partial charge in [0.15, 0.2) is 5.75 Å². The predicted octanol–water partition coefficient (Wildman–Crippen LogP) is 3.87. The summed E-state index contributed by atoms with van der Waals surface area (Å²) in [6.45, 7) is 0. The molecule has 1 aromatic rings. The van der Waals surface area contributed by atoms with Gasteiger partial charge in [-0.1, -0.05) is 0 Å². The van der Waals surface area contributed by atoms with Gasteiger partial charge in [0, 0.05) is 5.56 Å². The lowest BCUT2D eigenvalue weighted by molar-refractivity contribution is -0.274. The molecule has 0 atom stereocenters. The van der Waals surface area contributed by atoms with E-state index in [2.05, 4.69) is 20.7 Å². The first kappa shape index (κ1) is 13.0. The SMILES string of the molecule is Nc1c(C(F)F)ccc(Br)c1OC(F)(F)F. The highest BCUT2D eigenvalue weighted by Gasteiger charge is 2.33. The van der Waals surface area contributed by atoms with E-state index >= 15 is 0 Å². The molecule has 0 spiro atoms. The molecular weight excluding hydrogens is 301 g/mol. The lowest BCUT2D eigenvalue weighted by Gasteiger charge is -2.15. The second kappa shape index (κ2) is 4.44. The summed E-state index contributed by atoms with van der Waals surface area (Å²) in [5, 5.41) is 0. The zero-order valence-electron chi connectivity index (χ0n) is 7.49. The molecule has 0 unspecified atom stereocenters. The Balaban J connectivity index is 3.21. The molecule has 0 aromatic heterocycles. The van der Waals surface area contributed by atoms with Crippen LogP contribution in [0.3, 0.4) is 0 Å². The van der Waals surface area contributed by atoms with Gasteiger partial charge in [-0.15, -0.1) is 13.2 Å². The van der Waals surface area contributed by atoms with Crippen LogP contribution in [0.2, 0.25) is 0 Å². The molecule has 0 heterocycles. The van der Waals surface area contributed by atoms with Crippen LogP contribution in [0.4, 0.5) is 27.6 Å². The van der Waals surface area contributed by atoms with E-state index in [0.29, 0.717) is 0 Å². The number of ether oxygens (including phenoxy) is 1. The van der Waals surface area contributed by atoms with Crippen molar-refractivity contribution in [3.63, 3.8) is 0 Å². The summed E-state index contributed by atoms with van der Waals surface area (Å²) >= 11 is 2.73. The zero-order valence-corrected chi connectivity index (χ0v) is 9.07. The van der Waals surface area contributed by atoms with Gasteiger partial charge in [-0.2, -0.15) is 0 Å². The van der Waals surface area contributed by atoms with Crippen molar-refractivity contribution >= 4 is 21.6 Å². The number of benzene rings is 1. The van der Waals surface area contributed by atoms with Gasteiger partial charge in [0.2, 0.25) is 0 Å². The van der Waals surface area contributed by atoms with Crippen LogP contribution < -0.4 is 10.5 Å². The number of rotatable bonds is 2. The molecule has 0 saturated carbocycles. The summed E-state index contributed by atoms with van der Waals surface area (Å²) < 4.78 is 63.9. The second-order valence-corrected chi connectivity index (χ2v) is 3.58. The minimum Gasteiger partial charge on any atom is -0.402 e. The topological polar surface area (TPSA) is 35.2 Å². The van der Waals surface area contributed by atoms with E-state index in [-0.39, 0.29) is 4.47 Å². The lowest BCUT2D eigenvalue weighted by atomic mass is 10.2. The van der Waals surface area contributed by atoms with Crippen molar-refractivity contribution in [3.8, 4) is 5.75 Å². The standard InChI is InChI=1S/C8H5BrF5NO/c9-4-2-1-3(7(10)11)5(15)6(4)16-8(12,13)14/h1-2,7H,15H2. The van der Waals surface area contributed by atoms with Crippen molar-refractivity contribution in [2.75, 3.05) is 5.73 Å². The van der Waals surface area contributed by atoms with Crippen LogP contribution in [-0.2, 0) is 0 Å². The third-order valence-corrected chi connectivity index (χ3v) is 2.26. The highest BCUT2D eigenvalue weighted by molar-refractivity contribution is 9.10. The van der Waals surface area contributed by atoms with Gasteiger partial charge >= 0.3 is 6.36 Å². The highest BCUT2D eigenvalue weighted by Crippen LogP contribution is 2.40. The van der Waals surface area contributed by atoms with Gasteiger partial charge in [0.1, 0.15) is 0 Å². The van der Waals surface area contributed by atoms with Crippen LogP contribution in [0.1, 0.15) is 12.0 Å². The van der Waals surface area contributed by atoms with Crippen LogP contribution in [0.25, 0.3) is 0 Å². The fraction of sp³-hybridized carbons (Fsp3) is 0.250. The first-order valence-electron chi connectivity index (χ1n) is 3.84. The summed E-state index contributed by atoms with van der Waals surface area (Å²) in [4.78, 5) is 0. The molecule has 0 radical (unpaired) electrons. The third-order valence-electron chi connectivity index (χ3n) is 1.63. The first-order chi connectivity index (χ1) is 7.22. The molecule has 2 nitrogen and oxygen atoms in total. The van der Waals surface area contributed by atoms with Crippen molar-refractivity contribution in [1.29, 1.82) is 0 Å². The molecule has 0 aliphatic heterocycles. The van der Waals surface area contributed by atoms with Crippen LogP contribution in [0, 0.1) is 0 Å². The molecule has 0 aliphatic rings. The van der Waals surface area contributed by atoms with Crippen molar-refractivity contribution in [2.45, 2.75) is 12.8 Å². The lowest BCUT2D eigenvalue weighted by Crippen LogP contribution is -2.18. The van der Waals surface area contributed by atoms with Crippen LogP contribution in [0.15, 0.2) is 16.6 Å². The predicted molar refractivity (Wildman–Crippen MR) is 50.2 cm³/mol. The van der Waals surface area contributed by atoms with Crippen molar-refractivity contribution in [3.05, 3.63) is 22.2 Å². The van der Waals surface area contributed by atoms with Crippen LogP contribution in [-0.4, -0.2) is 6.36 Å². The molecule has 0 amide bonds. The van der Waals surface area contributed by atoms with Gasteiger partial charge in [-0.25, -0.2) is 8.78 Å². The minimum atomic E-state index is -4.99. The van der Waals surface area contributed by atoms with Gasteiger partial charge in [0.05, 0.1) is 10.2 Å². The largest absolute Gasteiger partial charge is 0.573 e. The molecule has 2 N–H and O–H groups in total. The molecule has 16 heavy (non-hydrogen) atoms. The number of hydrogen-bond acceptors (Lipinski definition) is 2.